The minimum absolute atomic E-state index is 0.131. The smallest absolute Gasteiger partial charge is 0.410 e. The number of rotatable bonds is 0. The van der Waals surface area contributed by atoms with Gasteiger partial charge in [-0.2, -0.15) is 0 Å². The number of amides is 1. The molecule has 1 heterocycles. The van der Waals surface area contributed by atoms with Crippen molar-refractivity contribution in [2.45, 2.75) is 60.0 Å². The summed E-state index contributed by atoms with van der Waals surface area (Å²) in [4.78, 5) is 13.7. The largest absolute Gasteiger partial charge is 0.444 e. The molecule has 0 saturated carbocycles. The van der Waals surface area contributed by atoms with Crippen LogP contribution in [0, 0.1) is 12.7 Å². The highest BCUT2D eigenvalue weighted by atomic mass is 19.1. The number of hydrogen-bond donors (Lipinski definition) is 0. The maximum Gasteiger partial charge on any atom is 0.410 e. The third kappa shape index (κ3) is 4.72. The molecule has 0 fully saturated rings. The molecular formula is C18H28FNO2. The molecule has 0 aliphatic carbocycles. The Morgan fingerprint density at radius 2 is 1.77 bits per heavy atom. The first-order valence-corrected chi connectivity index (χ1v) is 8.03. The van der Waals surface area contributed by atoms with Crippen molar-refractivity contribution in [3.8, 4) is 0 Å². The number of carbonyl (C=O) groups excluding carboxylic acids is 1. The quantitative estimate of drug-likeness (QED) is 0.706. The van der Waals surface area contributed by atoms with E-state index in [4.69, 9.17) is 4.74 Å². The standard InChI is InChI=1S/C16H22FNO2.C2H6/c1-11-5-6-12-7-9-18(10-8-13(12)14(11)17)15(19)20-16(2,3)4;1-2/h5-6H,7-10H2,1-4H3;1-2H3. The van der Waals surface area contributed by atoms with Crippen LogP contribution in [0.4, 0.5) is 9.18 Å². The lowest BCUT2D eigenvalue weighted by Gasteiger charge is -2.26. The van der Waals surface area contributed by atoms with Gasteiger partial charge in [0, 0.05) is 13.1 Å². The lowest BCUT2D eigenvalue weighted by atomic mass is 10.00. The van der Waals surface area contributed by atoms with Gasteiger partial charge in [0.05, 0.1) is 0 Å². The molecule has 0 radical (unpaired) electrons. The molecule has 2 rings (SSSR count). The second kappa shape index (κ2) is 7.61. The second-order valence-corrected chi connectivity index (χ2v) is 6.30. The number of halogens is 1. The highest BCUT2D eigenvalue weighted by molar-refractivity contribution is 5.68. The summed E-state index contributed by atoms with van der Waals surface area (Å²) in [5.41, 5.74) is 1.91. The fourth-order valence-electron chi connectivity index (χ4n) is 2.41. The summed E-state index contributed by atoms with van der Waals surface area (Å²) in [7, 11) is 0. The minimum atomic E-state index is -0.502. The predicted molar refractivity (Wildman–Crippen MR) is 87.7 cm³/mol. The van der Waals surface area contributed by atoms with Crippen molar-refractivity contribution in [2.75, 3.05) is 13.1 Å². The number of hydrogen-bond acceptors (Lipinski definition) is 2. The third-order valence-electron chi connectivity index (χ3n) is 3.47. The normalized spacial score (nSPS) is 14.4. The molecule has 1 aliphatic heterocycles. The summed E-state index contributed by atoms with van der Waals surface area (Å²) in [6.07, 6.45) is 0.899. The predicted octanol–water partition coefficient (Wildman–Crippen LogP) is 4.50. The number of aryl methyl sites for hydroxylation is 1. The van der Waals surface area contributed by atoms with Gasteiger partial charge in [0.25, 0.3) is 0 Å². The van der Waals surface area contributed by atoms with E-state index in [0.29, 0.717) is 31.5 Å². The fraction of sp³-hybridized carbons (Fsp3) is 0.611. The Morgan fingerprint density at radius 3 is 2.36 bits per heavy atom. The van der Waals surface area contributed by atoms with E-state index in [9.17, 15) is 9.18 Å². The van der Waals surface area contributed by atoms with E-state index >= 15 is 0 Å². The van der Waals surface area contributed by atoms with Crippen LogP contribution in [0.25, 0.3) is 0 Å². The number of benzene rings is 1. The van der Waals surface area contributed by atoms with Crippen molar-refractivity contribution in [1.29, 1.82) is 0 Å². The zero-order valence-corrected chi connectivity index (χ0v) is 14.6. The van der Waals surface area contributed by atoms with Crippen LogP contribution in [-0.2, 0) is 17.6 Å². The van der Waals surface area contributed by atoms with E-state index in [2.05, 4.69) is 0 Å². The first-order chi connectivity index (χ1) is 10.3. The summed E-state index contributed by atoms with van der Waals surface area (Å²) in [5, 5.41) is 0. The van der Waals surface area contributed by atoms with Gasteiger partial charge < -0.3 is 9.64 Å². The van der Waals surface area contributed by atoms with E-state index < -0.39 is 5.60 Å². The lowest BCUT2D eigenvalue weighted by molar-refractivity contribution is 0.0258. The van der Waals surface area contributed by atoms with Crippen molar-refractivity contribution in [3.63, 3.8) is 0 Å². The molecule has 1 aromatic rings. The summed E-state index contributed by atoms with van der Waals surface area (Å²) < 4.78 is 19.5. The van der Waals surface area contributed by atoms with Crippen molar-refractivity contribution in [3.05, 3.63) is 34.6 Å². The van der Waals surface area contributed by atoms with Crippen LogP contribution in [-0.4, -0.2) is 29.7 Å². The molecule has 1 aliphatic rings. The number of fused-ring (bicyclic) bond motifs is 1. The van der Waals surface area contributed by atoms with Crippen LogP contribution in [0.5, 0.6) is 0 Å². The van der Waals surface area contributed by atoms with Gasteiger partial charge in [-0.05, 0) is 57.2 Å². The molecule has 3 nitrogen and oxygen atoms in total. The number of ether oxygens (including phenoxy) is 1. The van der Waals surface area contributed by atoms with E-state index in [1.807, 2.05) is 40.7 Å². The summed E-state index contributed by atoms with van der Waals surface area (Å²) in [6.45, 7) is 12.4. The van der Waals surface area contributed by atoms with Crippen molar-refractivity contribution in [1.82, 2.24) is 4.90 Å². The van der Waals surface area contributed by atoms with E-state index in [-0.39, 0.29) is 11.9 Å². The molecule has 0 saturated heterocycles. The minimum Gasteiger partial charge on any atom is -0.444 e. The molecule has 0 atom stereocenters. The Balaban J connectivity index is 0.00000116. The van der Waals surface area contributed by atoms with Gasteiger partial charge in [-0.3, -0.25) is 0 Å². The first-order valence-electron chi connectivity index (χ1n) is 8.03. The second-order valence-electron chi connectivity index (χ2n) is 6.30. The van der Waals surface area contributed by atoms with Gasteiger partial charge in [-0.25, -0.2) is 9.18 Å². The summed E-state index contributed by atoms with van der Waals surface area (Å²) >= 11 is 0. The Hall–Kier alpha value is -1.58. The van der Waals surface area contributed by atoms with Gasteiger partial charge in [-0.15, -0.1) is 0 Å². The Bertz CT molecular complexity index is 521. The van der Waals surface area contributed by atoms with Crippen molar-refractivity contribution >= 4 is 6.09 Å². The molecule has 22 heavy (non-hydrogen) atoms. The van der Waals surface area contributed by atoms with Gasteiger partial charge >= 0.3 is 6.09 Å². The highest BCUT2D eigenvalue weighted by Gasteiger charge is 2.25. The van der Waals surface area contributed by atoms with E-state index in [1.54, 1.807) is 17.9 Å². The SMILES string of the molecule is CC.Cc1ccc2c(c1F)CCN(C(=O)OC(C)(C)C)CC2. The Morgan fingerprint density at radius 1 is 1.18 bits per heavy atom. The molecule has 0 N–H and O–H groups in total. The molecule has 0 aromatic heterocycles. The third-order valence-corrected chi connectivity index (χ3v) is 3.47. The van der Waals surface area contributed by atoms with E-state index in [0.717, 1.165) is 11.1 Å². The van der Waals surface area contributed by atoms with Gasteiger partial charge in [-0.1, -0.05) is 26.0 Å². The van der Waals surface area contributed by atoms with Crippen LogP contribution in [0.15, 0.2) is 12.1 Å². The average Bonchev–Trinajstić information content (AvgIpc) is 2.66. The molecule has 0 unspecified atom stereocenters. The van der Waals surface area contributed by atoms with Crippen LogP contribution < -0.4 is 0 Å². The van der Waals surface area contributed by atoms with Crippen LogP contribution >= 0.6 is 0 Å². The fourth-order valence-corrected chi connectivity index (χ4v) is 2.41. The van der Waals surface area contributed by atoms with Crippen LogP contribution in [0.2, 0.25) is 0 Å². The monoisotopic (exact) mass is 309 g/mol. The van der Waals surface area contributed by atoms with Crippen molar-refractivity contribution in [2.24, 2.45) is 0 Å². The first kappa shape index (κ1) is 18.5. The topological polar surface area (TPSA) is 29.5 Å². The molecule has 124 valence electrons. The molecule has 0 spiro atoms. The maximum atomic E-state index is 14.1. The maximum absolute atomic E-state index is 14.1. The van der Waals surface area contributed by atoms with Gasteiger partial charge in [0.2, 0.25) is 0 Å². The highest BCUT2D eigenvalue weighted by Crippen LogP contribution is 2.22. The van der Waals surface area contributed by atoms with Gasteiger partial charge in [0.1, 0.15) is 11.4 Å². The average molecular weight is 309 g/mol. The molecule has 1 amide bonds. The summed E-state index contributed by atoms with van der Waals surface area (Å²) in [5.74, 6) is -0.131. The number of carbonyl (C=O) groups is 1. The zero-order valence-electron chi connectivity index (χ0n) is 14.6. The molecule has 0 bridgehead atoms. The van der Waals surface area contributed by atoms with Gasteiger partial charge in [0.15, 0.2) is 0 Å². The molecule has 1 aromatic carbocycles. The van der Waals surface area contributed by atoms with Crippen molar-refractivity contribution < 1.29 is 13.9 Å². The number of nitrogens with zero attached hydrogens (tertiary/aromatic N) is 1. The van der Waals surface area contributed by atoms with Crippen LogP contribution in [0.1, 0.15) is 51.3 Å². The lowest BCUT2D eigenvalue weighted by Crippen LogP contribution is -2.38. The Kier molecular flexibility index (Phi) is 6.39. The Labute approximate surface area is 133 Å². The molecular weight excluding hydrogens is 281 g/mol. The molecule has 4 heteroatoms. The van der Waals surface area contributed by atoms with E-state index in [1.165, 1.54) is 0 Å². The summed E-state index contributed by atoms with van der Waals surface area (Å²) in [6, 6.07) is 3.77. The zero-order chi connectivity index (χ0) is 16.9. The van der Waals surface area contributed by atoms with Crippen LogP contribution in [0.3, 0.4) is 0 Å².